The van der Waals surface area contributed by atoms with Crippen molar-refractivity contribution in [1.82, 2.24) is 14.5 Å². The zero-order valence-corrected chi connectivity index (χ0v) is 13.6. The van der Waals surface area contributed by atoms with Crippen LogP contribution in [0, 0.1) is 5.92 Å². The Hall–Kier alpha value is -0.990. The third-order valence-electron chi connectivity index (χ3n) is 4.73. The molecule has 3 atom stereocenters. The summed E-state index contributed by atoms with van der Waals surface area (Å²) in [7, 11) is -3.09. The van der Waals surface area contributed by atoms with Crippen LogP contribution in [0.4, 0.5) is 0 Å². The van der Waals surface area contributed by atoms with Crippen molar-refractivity contribution in [2.24, 2.45) is 5.92 Å². The molecule has 7 nitrogen and oxygen atoms in total. The predicted molar refractivity (Wildman–Crippen MR) is 77.6 cm³/mol. The molecule has 3 heterocycles. The highest BCUT2D eigenvalue weighted by Crippen LogP contribution is 2.43. The number of ether oxygens (including phenoxy) is 1. The van der Waals surface area contributed by atoms with E-state index in [9.17, 15) is 8.42 Å². The minimum Gasteiger partial charge on any atom is -0.422 e. The highest BCUT2D eigenvalue weighted by molar-refractivity contribution is 7.90. The summed E-state index contributed by atoms with van der Waals surface area (Å²) in [4.78, 5) is 0. The van der Waals surface area contributed by atoms with E-state index in [1.807, 2.05) is 13.8 Å². The van der Waals surface area contributed by atoms with Crippen LogP contribution in [0.2, 0.25) is 0 Å². The molecular formula is C14H21N3O4S. The minimum atomic E-state index is -3.09. The second-order valence-corrected chi connectivity index (χ2v) is 9.07. The van der Waals surface area contributed by atoms with Gasteiger partial charge in [0.1, 0.15) is 6.10 Å². The molecule has 3 fully saturated rings. The Kier molecular flexibility index (Phi) is 3.32. The van der Waals surface area contributed by atoms with E-state index in [0.29, 0.717) is 24.9 Å². The molecule has 1 aliphatic carbocycles. The summed E-state index contributed by atoms with van der Waals surface area (Å²) in [6.45, 7) is 5.03. The smallest absolute Gasteiger partial charge is 0.245 e. The first kappa shape index (κ1) is 14.6. The number of fused-ring (bicyclic) bond motifs is 1. The van der Waals surface area contributed by atoms with Crippen molar-refractivity contribution in [3.8, 4) is 0 Å². The van der Waals surface area contributed by atoms with Crippen molar-refractivity contribution >= 4 is 10.0 Å². The van der Waals surface area contributed by atoms with Crippen LogP contribution in [0.25, 0.3) is 0 Å². The van der Waals surface area contributed by atoms with Gasteiger partial charge in [-0.25, -0.2) is 8.42 Å². The fraction of sp³-hybridized carbons (Fsp3) is 0.857. The molecule has 0 bridgehead atoms. The lowest BCUT2D eigenvalue weighted by molar-refractivity contribution is 0.0275. The van der Waals surface area contributed by atoms with E-state index < -0.39 is 10.0 Å². The third-order valence-corrected chi connectivity index (χ3v) is 7.07. The molecule has 1 aromatic rings. The van der Waals surface area contributed by atoms with Gasteiger partial charge in [-0.05, 0) is 19.3 Å². The van der Waals surface area contributed by atoms with Gasteiger partial charge in [0.2, 0.25) is 21.8 Å². The molecule has 22 heavy (non-hydrogen) atoms. The Morgan fingerprint density at radius 1 is 1.23 bits per heavy atom. The van der Waals surface area contributed by atoms with E-state index in [1.165, 1.54) is 0 Å². The Balaban J connectivity index is 1.43. The Morgan fingerprint density at radius 2 is 2.00 bits per heavy atom. The number of hydrogen-bond acceptors (Lipinski definition) is 6. The molecular weight excluding hydrogens is 306 g/mol. The van der Waals surface area contributed by atoms with E-state index in [2.05, 4.69) is 10.2 Å². The van der Waals surface area contributed by atoms with E-state index >= 15 is 0 Å². The van der Waals surface area contributed by atoms with Gasteiger partial charge in [0.15, 0.2) is 0 Å². The van der Waals surface area contributed by atoms with Gasteiger partial charge in [0.25, 0.3) is 0 Å². The number of sulfonamides is 1. The minimum absolute atomic E-state index is 0.0482. The van der Waals surface area contributed by atoms with Crippen molar-refractivity contribution in [2.75, 3.05) is 13.1 Å². The molecule has 1 saturated carbocycles. The van der Waals surface area contributed by atoms with Gasteiger partial charge in [0.05, 0.1) is 11.4 Å². The summed E-state index contributed by atoms with van der Waals surface area (Å²) in [5.74, 6) is 1.57. The highest BCUT2D eigenvalue weighted by atomic mass is 32.2. The molecule has 0 aromatic carbocycles. The number of nitrogens with zero attached hydrogens (tertiary/aromatic N) is 3. The summed E-state index contributed by atoms with van der Waals surface area (Å²) in [5, 5.41) is 7.97. The van der Waals surface area contributed by atoms with Crippen molar-refractivity contribution in [1.29, 1.82) is 0 Å². The van der Waals surface area contributed by atoms with Crippen LogP contribution in [-0.2, 0) is 14.8 Å². The lowest BCUT2D eigenvalue weighted by atomic mass is 10.0. The number of hydrogen-bond donors (Lipinski definition) is 0. The van der Waals surface area contributed by atoms with E-state index in [0.717, 1.165) is 19.3 Å². The number of aromatic nitrogens is 2. The molecule has 3 aliphatic rings. The summed E-state index contributed by atoms with van der Waals surface area (Å²) in [6, 6.07) is 0. The lowest BCUT2D eigenvalue weighted by Crippen LogP contribution is -2.33. The Morgan fingerprint density at radius 3 is 2.59 bits per heavy atom. The number of rotatable bonds is 4. The molecule has 0 N–H and O–H groups in total. The first-order chi connectivity index (χ1) is 10.4. The molecule has 122 valence electrons. The largest absolute Gasteiger partial charge is 0.422 e. The standard InChI is InChI=1S/C14H21N3O4S/c1-8(2)13-15-16-14(21-13)11-5-9-6-17(7-12(9)20-11)22(18,19)10-3-4-10/h8-12H,3-7H2,1-2H3/t9-,11-,12+/m0/s1. The van der Waals surface area contributed by atoms with Crippen LogP contribution in [0.1, 0.15) is 56.9 Å². The van der Waals surface area contributed by atoms with Gasteiger partial charge < -0.3 is 9.15 Å². The molecule has 1 aromatic heterocycles. The summed E-state index contributed by atoms with van der Waals surface area (Å²) >= 11 is 0. The van der Waals surface area contributed by atoms with Crippen LogP contribution in [-0.4, -0.2) is 47.4 Å². The third kappa shape index (κ3) is 2.37. The maximum Gasteiger partial charge on any atom is 0.245 e. The second kappa shape index (κ2) is 5.01. The van der Waals surface area contributed by atoms with Gasteiger partial charge in [-0.1, -0.05) is 13.8 Å². The van der Waals surface area contributed by atoms with Crippen LogP contribution in [0.3, 0.4) is 0 Å². The quantitative estimate of drug-likeness (QED) is 0.832. The van der Waals surface area contributed by atoms with Gasteiger partial charge in [-0.15, -0.1) is 10.2 Å². The van der Waals surface area contributed by atoms with Gasteiger partial charge in [-0.2, -0.15) is 4.31 Å². The zero-order chi connectivity index (χ0) is 15.5. The molecule has 8 heteroatoms. The second-order valence-electron chi connectivity index (χ2n) is 6.85. The fourth-order valence-electron chi connectivity index (χ4n) is 3.28. The maximum atomic E-state index is 12.3. The van der Waals surface area contributed by atoms with Crippen LogP contribution >= 0.6 is 0 Å². The average Bonchev–Trinajstić information content (AvgIpc) is 2.91. The predicted octanol–water partition coefficient (Wildman–Crippen LogP) is 1.45. The van der Waals surface area contributed by atoms with Gasteiger partial charge in [0, 0.05) is 24.9 Å². The van der Waals surface area contributed by atoms with E-state index in [4.69, 9.17) is 9.15 Å². The molecule has 0 unspecified atom stereocenters. The van der Waals surface area contributed by atoms with Crippen molar-refractivity contribution in [3.05, 3.63) is 11.8 Å². The molecule has 4 rings (SSSR count). The molecule has 2 saturated heterocycles. The Bertz CT molecular complexity index is 653. The summed E-state index contributed by atoms with van der Waals surface area (Å²) in [6.07, 6.45) is 2.12. The fourth-order valence-corrected chi connectivity index (χ4v) is 5.19. The molecule has 0 spiro atoms. The normalized spacial score (nSPS) is 32.8. The highest BCUT2D eigenvalue weighted by Gasteiger charge is 2.50. The van der Waals surface area contributed by atoms with Crippen molar-refractivity contribution in [3.63, 3.8) is 0 Å². The molecule has 0 radical (unpaired) electrons. The van der Waals surface area contributed by atoms with Crippen LogP contribution in [0.15, 0.2) is 4.42 Å². The van der Waals surface area contributed by atoms with Crippen LogP contribution < -0.4 is 0 Å². The SMILES string of the molecule is CC(C)c1nnc([C@@H]2C[C@H]3CN(S(=O)(=O)C4CC4)C[C@H]3O2)o1. The first-order valence-electron chi connectivity index (χ1n) is 7.93. The van der Waals surface area contributed by atoms with Crippen molar-refractivity contribution in [2.45, 2.75) is 56.5 Å². The summed E-state index contributed by atoms with van der Waals surface area (Å²) < 4.78 is 37.8. The van der Waals surface area contributed by atoms with Crippen molar-refractivity contribution < 1.29 is 17.6 Å². The lowest BCUT2D eigenvalue weighted by Gasteiger charge is -2.17. The Labute approximate surface area is 130 Å². The maximum absolute atomic E-state index is 12.3. The van der Waals surface area contributed by atoms with Gasteiger partial charge in [-0.3, -0.25) is 0 Å². The first-order valence-corrected chi connectivity index (χ1v) is 9.43. The average molecular weight is 327 g/mol. The summed E-state index contributed by atoms with van der Waals surface area (Å²) in [5.41, 5.74) is 0. The van der Waals surface area contributed by atoms with Gasteiger partial charge >= 0.3 is 0 Å². The van der Waals surface area contributed by atoms with E-state index in [-0.39, 0.29) is 29.3 Å². The van der Waals surface area contributed by atoms with E-state index in [1.54, 1.807) is 4.31 Å². The van der Waals surface area contributed by atoms with Crippen LogP contribution in [0.5, 0.6) is 0 Å². The molecule has 0 amide bonds. The zero-order valence-electron chi connectivity index (χ0n) is 12.8. The molecule has 2 aliphatic heterocycles. The monoisotopic (exact) mass is 327 g/mol. The topological polar surface area (TPSA) is 85.5 Å².